The van der Waals surface area contributed by atoms with Crippen LogP contribution in [0.25, 0.3) is 28.2 Å². The maximum Gasteiger partial charge on any atom is 0.189 e. The van der Waals surface area contributed by atoms with Crippen molar-refractivity contribution in [3.05, 3.63) is 101 Å². The Kier molecular flexibility index (Phi) is 4.06. The normalized spacial score (nSPS) is 15.0. The van der Waals surface area contributed by atoms with Crippen molar-refractivity contribution in [2.45, 2.75) is 12.8 Å². The minimum Gasteiger partial charge on any atom is -0.289 e. The summed E-state index contributed by atoms with van der Waals surface area (Å²) in [4.78, 5) is 21.8. The SMILES string of the molecule is O=C1/C(=C/c2ccc3nccnc3c2)CCc2c1cccc2-c1ccccc1. The van der Waals surface area contributed by atoms with Gasteiger partial charge in [-0.15, -0.1) is 0 Å². The molecule has 3 heteroatoms. The van der Waals surface area contributed by atoms with Gasteiger partial charge in [-0.2, -0.15) is 0 Å². The second-order valence-corrected chi connectivity index (χ2v) is 7.00. The minimum atomic E-state index is 0.123. The number of aromatic nitrogens is 2. The highest BCUT2D eigenvalue weighted by Crippen LogP contribution is 2.34. The first kappa shape index (κ1) is 16.6. The molecule has 0 saturated carbocycles. The maximum atomic E-state index is 13.2. The number of hydrogen-bond donors (Lipinski definition) is 0. The van der Waals surface area contributed by atoms with Crippen LogP contribution in [0.3, 0.4) is 0 Å². The number of Topliss-reactive ketones (excluding diaryl/α,β-unsaturated/α-hetero) is 1. The van der Waals surface area contributed by atoms with E-state index in [1.54, 1.807) is 12.4 Å². The molecule has 0 radical (unpaired) electrons. The molecule has 1 heterocycles. The van der Waals surface area contributed by atoms with E-state index in [0.717, 1.165) is 57.3 Å². The number of rotatable bonds is 2. The van der Waals surface area contributed by atoms with Gasteiger partial charge in [0.2, 0.25) is 0 Å². The van der Waals surface area contributed by atoms with Crippen molar-refractivity contribution >= 4 is 22.9 Å². The van der Waals surface area contributed by atoms with Crippen LogP contribution in [0.2, 0.25) is 0 Å². The van der Waals surface area contributed by atoms with Crippen LogP contribution in [0, 0.1) is 0 Å². The molecule has 3 nitrogen and oxygen atoms in total. The second kappa shape index (κ2) is 6.86. The lowest BCUT2D eigenvalue weighted by atomic mass is 9.82. The molecule has 0 spiro atoms. The Morgan fingerprint density at radius 1 is 0.750 bits per heavy atom. The Morgan fingerprint density at radius 3 is 2.39 bits per heavy atom. The summed E-state index contributed by atoms with van der Waals surface area (Å²) in [5.74, 6) is 0.123. The Morgan fingerprint density at radius 2 is 1.54 bits per heavy atom. The summed E-state index contributed by atoms with van der Waals surface area (Å²) in [6.45, 7) is 0. The predicted molar refractivity (Wildman–Crippen MR) is 112 cm³/mol. The zero-order valence-electron chi connectivity index (χ0n) is 15.3. The molecule has 3 aromatic carbocycles. The van der Waals surface area contributed by atoms with Crippen LogP contribution in [0.5, 0.6) is 0 Å². The van der Waals surface area contributed by atoms with Gasteiger partial charge in [0.15, 0.2) is 5.78 Å². The smallest absolute Gasteiger partial charge is 0.189 e. The molecular weight excluding hydrogens is 344 g/mol. The van der Waals surface area contributed by atoms with Gasteiger partial charge in [-0.05, 0) is 53.3 Å². The van der Waals surface area contributed by atoms with E-state index < -0.39 is 0 Å². The van der Waals surface area contributed by atoms with E-state index in [1.807, 2.05) is 54.6 Å². The predicted octanol–water partition coefficient (Wildman–Crippen LogP) is 5.51. The molecule has 1 aliphatic rings. The number of ketones is 1. The van der Waals surface area contributed by atoms with Crippen molar-refractivity contribution in [3.8, 4) is 11.1 Å². The highest BCUT2D eigenvalue weighted by Gasteiger charge is 2.24. The second-order valence-electron chi connectivity index (χ2n) is 7.00. The van der Waals surface area contributed by atoms with Gasteiger partial charge in [-0.1, -0.05) is 54.6 Å². The van der Waals surface area contributed by atoms with E-state index in [9.17, 15) is 4.79 Å². The van der Waals surface area contributed by atoms with Gasteiger partial charge < -0.3 is 0 Å². The van der Waals surface area contributed by atoms with Crippen LogP contribution in [0.1, 0.15) is 27.9 Å². The molecule has 28 heavy (non-hydrogen) atoms. The van der Waals surface area contributed by atoms with Crippen LogP contribution in [0.15, 0.2) is 84.7 Å². The number of allylic oxidation sites excluding steroid dienone is 1. The highest BCUT2D eigenvalue weighted by atomic mass is 16.1. The van der Waals surface area contributed by atoms with Crippen LogP contribution in [0.4, 0.5) is 0 Å². The number of fused-ring (bicyclic) bond motifs is 2. The Labute approximate surface area is 163 Å². The van der Waals surface area contributed by atoms with E-state index in [1.165, 1.54) is 0 Å². The molecule has 0 N–H and O–H groups in total. The topological polar surface area (TPSA) is 42.9 Å². The minimum absolute atomic E-state index is 0.123. The Hall–Kier alpha value is -3.59. The first-order valence-electron chi connectivity index (χ1n) is 9.43. The molecule has 5 rings (SSSR count). The zero-order valence-corrected chi connectivity index (χ0v) is 15.3. The van der Waals surface area contributed by atoms with Gasteiger partial charge in [0.05, 0.1) is 11.0 Å². The van der Waals surface area contributed by atoms with Crippen molar-refractivity contribution in [2.24, 2.45) is 0 Å². The quantitative estimate of drug-likeness (QED) is 0.442. The van der Waals surface area contributed by atoms with Crippen LogP contribution >= 0.6 is 0 Å². The van der Waals surface area contributed by atoms with Gasteiger partial charge in [0.25, 0.3) is 0 Å². The Bertz CT molecular complexity index is 1230. The van der Waals surface area contributed by atoms with E-state index in [4.69, 9.17) is 0 Å². The lowest BCUT2D eigenvalue weighted by Crippen LogP contribution is -2.15. The third-order valence-corrected chi connectivity index (χ3v) is 5.28. The van der Waals surface area contributed by atoms with Crippen LogP contribution < -0.4 is 0 Å². The van der Waals surface area contributed by atoms with E-state index in [-0.39, 0.29) is 5.78 Å². The summed E-state index contributed by atoms with van der Waals surface area (Å²) in [6, 6.07) is 22.2. The van der Waals surface area contributed by atoms with E-state index in [2.05, 4.69) is 28.2 Å². The van der Waals surface area contributed by atoms with Crippen LogP contribution in [-0.2, 0) is 6.42 Å². The molecule has 0 amide bonds. The van der Waals surface area contributed by atoms with Crippen molar-refractivity contribution in [2.75, 3.05) is 0 Å². The average Bonchev–Trinajstić information content (AvgIpc) is 2.76. The highest BCUT2D eigenvalue weighted by molar-refractivity contribution is 6.14. The summed E-state index contributed by atoms with van der Waals surface area (Å²) in [5.41, 5.74) is 7.82. The molecule has 0 saturated heterocycles. The zero-order chi connectivity index (χ0) is 18.9. The lowest BCUT2D eigenvalue weighted by Gasteiger charge is -2.21. The van der Waals surface area contributed by atoms with Crippen LogP contribution in [-0.4, -0.2) is 15.8 Å². The monoisotopic (exact) mass is 362 g/mol. The summed E-state index contributed by atoms with van der Waals surface area (Å²) in [7, 11) is 0. The van der Waals surface area contributed by atoms with Gasteiger partial charge >= 0.3 is 0 Å². The van der Waals surface area contributed by atoms with Crippen molar-refractivity contribution < 1.29 is 4.79 Å². The largest absolute Gasteiger partial charge is 0.289 e. The number of carbonyl (C=O) groups is 1. The number of benzene rings is 3. The van der Waals surface area contributed by atoms with Crippen molar-refractivity contribution in [3.63, 3.8) is 0 Å². The van der Waals surface area contributed by atoms with Gasteiger partial charge in [0.1, 0.15) is 0 Å². The summed E-state index contributed by atoms with van der Waals surface area (Å²) < 4.78 is 0. The average molecular weight is 362 g/mol. The fourth-order valence-corrected chi connectivity index (χ4v) is 3.91. The van der Waals surface area contributed by atoms with E-state index in [0.29, 0.717) is 0 Å². The fourth-order valence-electron chi connectivity index (χ4n) is 3.91. The standard InChI is InChI=1S/C25H18N2O/c28-25-19(15-17-9-12-23-24(16-17)27-14-13-26-23)10-11-21-20(7-4-8-22(21)25)18-5-2-1-3-6-18/h1-9,12-16H,10-11H2/b19-15+. The molecule has 1 aromatic heterocycles. The van der Waals surface area contributed by atoms with Gasteiger partial charge in [-0.3, -0.25) is 14.8 Å². The maximum absolute atomic E-state index is 13.2. The summed E-state index contributed by atoms with van der Waals surface area (Å²) in [6.07, 6.45) is 6.98. The lowest BCUT2D eigenvalue weighted by molar-refractivity contribution is 0.102. The number of hydrogen-bond acceptors (Lipinski definition) is 3. The molecule has 0 bridgehead atoms. The molecule has 0 fully saturated rings. The third kappa shape index (κ3) is 2.91. The first-order chi connectivity index (χ1) is 13.8. The van der Waals surface area contributed by atoms with E-state index >= 15 is 0 Å². The number of carbonyl (C=O) groups excluding carboxylic acids is 1. The van der Waals surface area contributed by atoms with Gasteiger partial charge in [0, 0.05) is 23.5 Å². The van der Waals surface area contributed by atoms with Crippen molar-refractivity contribution in [1.82, 2.24) is 9.97 Å². The first-order valence-corrected chi connectivity index (χ1v) is 9.43. The fraction of sp³-hybridized carbons (Fsp3) is 0.0800. The van der Waals surface area contributed by atoms with Gasteiger partial charge in [-0.25, -0.2) is 0 Å². The molecule has 4 aromatic rings. The number of nitrogens with zero attached hydrogens (tertiary/aromatic N) is 2. The van der Waals surface area contributed by atoms with Crippen molar-refractivity contribution in [1.29, 1.82) is 0 Å². The summed E-state index contributed by atoms with van der Waals surface area (Å²) in [5, 5.41) is 0. The molecule has 0 unspecified atom stereocenters. The third-order valence-electron chi connectivity index (χ3n) is 5.28. The molecule has 0 atom stereocenters. The molecule has 1 aliphatic carbocycles. The Balaban J connectivity index is 1.54. The molecular formula is C25H18N2O. The molecule has 0 aliphatic heterocycles. The summed E-state index contributed by atoms with van der Waals surface area (Å²) >= 11 is 0. The molecule has 134 valence electrons.